The Labute approximate surface area is 207 Å². The third-order valence-electron chi connectivity index (χ3n) is 5.69. The van der Waals surface area contributed by atoms with Gasteiger partial charge in [0.2, 0.25) is 15.9 Å². The zero-order valence-electron chi connectivity index (χ0n) is 18.9. The Morgan fingerprint density at radius 3 is 2.34 bits per heavy atom. The molecule has 180 valence electrons. The largest absolute Gasteiger partial charge is 0.481 e. The van der Waals surface area contributed by atoms with Gasteiger partial charge in [-0.15, -0.1) is 0 Å². The molecule has 1 unspecified atom stereocenters. The van der Waals surface area contributed by atoms with E-state index >= 15 is 0 Å². The van der Waals surface area contributed by atoms with Gasteiger partial charge in [-0.2, -0.15) is 0 Å². The lowest BCUT2D eigenvalue weighted by Crippen LogP contribution is -2.24. The van der Waals surface area contributed by atoms with E-state index < -0.39 is 21.9 Å². The number of sulfonamides is 1. The molecule has 0 radical (unpaired) electrons. The maximum absolute atomic E-state index is 13.0. The molecule has 0 spiro atoms. The van der Waals surface area contributed by atoms with Crippen molar-refractivity contribution in [1.82, 2.24) is 0 Å². The van der Waals surface area contributed by atoms with E-state index in [0.717, 1.165) is 16.1 Å². The molecule has 0 aliphatic carbocycles. The molecule has 10 heteroatoms. The molecule has 0 saturated carbocycles. The second-order valence-corrected chi connectivity index (χ2v) is 10.6. The third-order valence-corrected chi connectivity index (χ3v) is 7.13. The lowest BCUT2D eigenvalue weighted by molar-refractivity contribution is -0.136. The van der Waals surface area contributed by atoms with Gasteiger partial charge in [-0.05, 0) is 53.1 Å². The minimum atomic E-state index is -3.41. The number of carboxylic acid groups (broad SMARTS) is 1. The van der Waals surface area contributed by atoms with Crippen molar-refractivity contribution in [3.05, 3.63) is 88.4 Å². The Bertz CT molecular complexity index is 1430. The fourth-order valence-corrected chi connectivity index (χ4v) is 4.51. The van der Waals surface area contributed by atoms with Crippen LogP contribution in [0.5, 0.6) is 0 Å². The van der Waals surface area contributed by atoms with E-state index in [-0.39, 0.29) is 12.3 Å². The lowest BCUT2D eigenvalue weighted by atomic mass is 9.90. The van der Waals surface area contributed by atoms with Crippen LogP contribution < -0.4 is 9.62 Å². The van der Waals surface area contributed by atoms with Crippen LogP contribution in [0.2, 0.25) is 5.02 Å². The van der Waals surface area contributed by atoms with Crippen molar-refractivity contribution < 1.29 is 23.1 Å². The molecule has 8 nitrogen and oxygen atoms in total. The number of amides is 1. The number of aliphatic carboxylic acids is 1. The van der Waals surface area contributed by atoms with Gasteiger partial charge in [0, 0.05) is 17.8 Å². The number of rotatable bonds is 7. The summed E-state index contributed by atoms with van der Waals surface area (Å²) in [7, 11) is -1.95. The van der Waals surface area contributed by atoms with Crippen LogP contribution >= 0.6 is 11.6 Å². The molecular weight excluding hydrogens is 490 g/mol. The van der Waals surface area contributed by atoms with Gasteiger partial charge in [-0.25, -0.2) is 8.42 Å². The highest BCUT2D eigenvalue weighted by atomic mass is 35.5. The monoisotopic (exact) mass is 511 g/mol. The zero-order valence-corrected chi connectivity index (χ0v) is 20.5. The number of carbonyl (C=O) groups is 2. The summed E-state index contributed by atoms with van der Waals surface area (Å²) in [6, 6.07) is 18.6. The molecule has 0 aromatic heterocycles. The molecule has 35 heavy (non-hydrogen) atoms. The van der Waals surface area contributed by atoms with Gasteiger partial charge in [0.15, 0.2) is 0 Å². The first-order chi connectivity index (χ1) is 16.5. The highest BCUT2D eigenvalue weighted by Gasteiger charge is 2.35. The fourth-order valence-electron chi connectivity index (χ4n) is 3.84. The Balaban J connectivity index is 1.79. The summed E-state index contributed by atoms with van der Waals surface area (Å²) >= 11 is 6.10. The number of hydrogen-bond acceptors (Lipinski definition) is 5. The van der Waals surface area contributed by atoms with Crippen LogP contribution in [-0.4, -0.2) is 44.4 Å². The first-order valence-electron chi connectivity index (χ1n) is 10.6. The summed E-state index contributed by atoms with van der Waals surface area (Å²) in [6.45, 7) is 0. The number of halogens is 1. The number of carboxylic acids is 1. The van der Waals surface area contributed by atoms with Crippen LogP contribution in [0.3, 0.4) is 0 Å². The van der Waals surface area contributed by atoms with Gasteiger partial charge in [0.25, 0.3) is 0 Å². The first kappa shape index (κ1) is 24.4. The van der Waals surface area contributed by atoms with Gasteiger partial charge in [-0.1, -0.05) is 41.9 Å². The highest BCUT2D eigenvalue weighted by Crippen LogP contribution is 2.38. The smallest absolute Gasteiger partial charge is 0.307 e. The third kappa shape index (κ3) is 5.36. The normalized spacial score (nSPS) is 15.5. The van der Waals surface area contributed by atoms with Crippen molar-refractivity contribution in [1.29, 1.82) is 0 Å². The maximum Gasteiger partial charge on any atom is 0.307 e. The molecule has 1 aliphatic heterocycles. The van der Waals surface area contributed by atoms with E-state index in [1.165, 1.54) is 7.05 Å². The molecule has 1 heterocycles. The topological polar surface area (TPSA) is 116 Å². The Morgan fingerprint density at radius 2 is 1.74 bits per heavy atom. The van der Waals surface area contributed by atoms with E-state index in [0.29, 0.717) is 38.9 Å². The molecule has 0 bridgehead atoms. The molecular formula is C25H22ClN3O5S. The van der Waals surface area contributed by atoms with E-state index in [1.54, 1.807) is 66.7 Å². The lowest BCUT2D eigenvalue weighted by Gasteiger charge is -2.17. The molecule has 3 aromatic rings. The van der Waals surface area contributed by atoms with Crippen molar-refractivity contribution in [3.8, 4) is 0 Å². The van der Waals surface area contributed by atoms with Gasteiger partial charge < -0.3 is 10.4 Å². The fraction of sp³-hybridized carbons (Fsp3) is 0.160. The quantitative estimate of drug-likeness (QED) is 0.461. The SMILES string of the molecule is CN(c1ccc(N=C(c2ccc(CC(=O)O)cc2)C2C(=O)Nc3cc(Cl)ccc32)cc1)S(C)(=O)=O. The number of hydrogen-bond donors (Lipinski definition) is 2. The highest BCUT2D eigenvalue weighted by molar-refractivity contribution is 7.92. The van der Waals surface area contributed by atoms with E-state index in [1.807, 2.05) is 0 Å². The van der Waals surface area contributed by atoms with Crippen LogP contribution in [-0.2, 0) is 26.0 Å². The summed E-state index contributed by atoms with van der Waals surface area (Å²) in [5.41, 5.74) is 4.07. The van der Waals surface area contributed by atoms with Crippen molar-refractivity contribution in [2.75, 3.05) is 22.9 Å². The summed E-state index contributed by atoms with van der Waals surface area (Å²) in [5, 5.41) is 12.4. The van der Waals surface area contributed by atoms with Crippen LogP contribution in [0, 0.1) is 0 Å². The molecule has 3 aromatic carbocycles. The van der Waals surface area contributed by atoms with Crippen LogP contribution in [0.25, 0.3) is 0 Å². The zero-order chi connectivity index (χ0) is 25.3. The van der Waals surface area contributed by atoms with Gasteiger partial charge in [0.1, 0.15) is 5.92 Å². The second kappa shape index (κ2) is 9.52. The summed E-state index contributed by atoms with van der Waals surface area (Å²) in [5.74, 6) is -1.92. The van der Waals surface area contributed by atoms with Crippen molar-refractivity contribution in [2.24, 2.45) is 4.99 Å². The molecule has 0 fully saturated rings. The summed E-state index contributed by atoms with van der Waals surface area (Å²) in [4.78, 5) is 28.9. The predicted octanol–water partition coefficient (Wildman–Crippen LogP) is 4.22. The van der Waals surface area contributed by atoms with Gasteiger partial charge in [-0.3, -0.25) is 18.9 Å². The standard InChI is InChI=1S/C25H22ClN3O5S/c1-29(35(2,33)34)19-10-8-18(9-11-19)27-24(16-5-3-15(4-6-16)13-22(30)31)23-20-12-7-17(26)14-21(20)28-25(23)32/h3-12,14,23H,13H2,1-2H3,(H,28,32)(H,30,31). The van der Waals surface area contributed by atoms with E-state index in [2.05, 4.69) is 5.32 Å². The van der Waals surface area contributed by atoms with Crippen LogP contribution in [0.15, 0.2) is 71.7 Å². The number of aliphatic imine (C=N–C) groups is 1. The number of nitrogens with one attached hydrogen (secondary N) is 1. The van der Waals surface area contributed by atoms with E-state index in [4.69, 9.17) is 21.7 Å². The molecule has 0 saturated heterocycles. The summed E-state index contributed by atoms with van der Waals surface area (Å²) < 4.78 is 24.8. The molecule has 2 N–H and O–H groups in total. The van der Waals surface area contributed by atoms with Crippen molar-refractivity contribution in [3.63, 3.8) is 0 Å². The Kier molecular flexibility index (Phi) is 6.64. The number of fused-ring (bicyclic) bond motifs is 1. The van der Waals surface area contributed by atoms with Crippen molar-refractivity contribution in [2.45, 2.75) is 12.3 Å². The summed E-state index contributed by atoms with van der Waals surface area (Å²) in [6.07, 6.45) is 1.00. The van der Waals surface area contributed by atoms with Crippen LogP contribution in [0.1, 0.15) is 22.6 Å². The number of carbonyl (C=O) groups excluding carboxylic acids is 1. The Morgan fingerprint density at radius 1 is 1.09 bits per heavy atom. The average molecular weight is 512 g/mol. The minimum absolute atomic E-state index is 0.118. The van der Waals surface area contributed by atoms with Gasteiger partial charge >= 0.3 is 5.97 Å². The minimum Gasteiger partial charge on any atom is -0.481 e. The van der Waals surface area contributed by atoms with Gasteiger partial charge in [0.05, 0.1) is 29.8 Å². The van der Waals surface area contributed by atoms with E-state index in [9.17, 15) is 18.0 Å². The molecule has 1 amide bonds. The average Bonchev–Trinajstić information content (AvgIpc) is 3.11. The number of benzene rings is 3. The molecule has 1 atom stereocenters. The van der Waals surface area contributed by atoms with Crippen molar-refractivity contribution >= 4 is 56.3 Å². The maximum atomic E-state index is 13.0. The second-order valence-electron chi connectivity index (χ2n) is 8.17. The van der Waals surface area contributed by atoms with Crippen LogP contribution in [0.4, 0.5) is 17.1 Å². The number of nitrogens with zero attached hydrogens (tertiary/aromatic N) is 2. The Hall–Kier alpha value is -3.69. The molecule has 1 aliphatic rings. The predicted molar refractivity (Wildman–Crippen MR) is 136 cm³/mol. The number of anilines is 2. The first-order valence-corrected chi connectivity index (χ1v) is 12.8. The molecule has 4 rings (SSSR count).